The molecule has 0 radical (unpaired) electrons. The smallest absolute Gasteiger partial charge is 0.409 e. The van der Waals surface area contributed by atoms with Crippen LogP contribution in [0.1, 0.15) is 60.0 Å². The summed E-state index contributed by atoms with van der Waals surface area (Å²) in [5.41, 5.74) is 5.46. The summed E-state index contributed by atoms with van der Waals surface area (Å²) < 4.78 is 31.3. The molecule has 0 aliphatic carbocycles. The van der Waals surface area contributed by atoms with E-state index < -0.39 is 5.43 Å². The molecule has 4 aromatic heterocycles. The Balaban J connectivity index is 0.000000268. The molecular weight excluding hydrogens is 991 g/mol. The Bertz CT molecular complexity index is 2140. The fourth-order valence-electron chi connectivity index (χ4n) is 7.88. The van der Waals surface area contributed by atoms with Crippen molar-refractivity contribution in [1.29, 1.82) is 0 Å². The number of morpholine rings is 2. The molecule has 0 spiro atoms. The van der Waals surface area contributed by atoms with Gasteiger partial charge in [0.1, 0.15) is 23.2 Å². The van der Waals surface area contributed by atoms with Gasteiger partial charge < -0.3 is 58.4 Å². The molecule has 0 aromatic carbocycles. The Morgan fingerprint density at radius 3 is 1.61 bits per heavy atom. The molecule has 4 aliphatic heterocycles. The molecule has 1 amide bonds. The average Bonchev–Trinajstić information content (AvgIpc) is 3.88. The molecule has 18 nitrogen and oxygen atoms in total. The van der Waals surface area contributed by atoms with E-state index in [1.807, 2.05) is 27.7 Å². The van der Waals surface area contributed by atoms with Crippen molar-refractivity contribution in [2.75, 3.05) is 127 Å². The third-order valence-corrected chi connectivity index (χ3v) is 13.7. The summed E-state index contributed by atoms with van der Waals surface area (Å²) in [6.45, 7) is 19.8. The standard InChI is InChI=1S/C23H33N5O4S.C21H31N5O2S.C2H3ClO2.2ClH/c1-16-17(2)32-22(25-16)33-15-19-11-20(27-7-9-31-10-8-27)12-21(26-19)24-13-18-5-4-6-28(14-18)23(29)30-3;1-15-16(2)28-21(24-15)29-14-18-10-19(26-6-8-27-9-7-26)11-20(25-18)23-13-17-4-3-5-22-12-17;1-5-2(3)4;;/h11-12,18H,4-10,13-15H2,1-3H3,(H,24,26);10-11,17,22H,3-9,12-14H2,1-2H3,(H,23,25);1H3;2*1H. The molecule has 69 heavy (non-hydrogen) atoms. The van der Waals surface area contributed by atoms with Gasteiger partial charge in [-0.3, -0.25) is 0 Å². The number of thioether (sulfide) groups is 2. The van der Waals surface area contributed by atoms with Crippen LogP contribution in [0.25, 0.3) is 0 Å². The molecular formula is C46H69Cl3N10O8S2. The Kier molecular flexibility index (Phi) is 25.2. The van der Waals surface area contributed by atoms with Crippen LogP contribution >= 0.6 is 59.9 Å². The van der Waals surface area contributed by atoms with Crippen molar-refractivity contribution < 1.29 is 37.4 Å². The zero-order valence-corrected chi connectivity index (χ0v) is 44.5. The molecule has 4 fully saturated rings. The first-order valence-electron chi connectivity index (χ1n) is 23.0. The average molecular weight is 1060 g/mol. The summed E-state index contributed by atoms with van der Waals surface area (Å²) in [5.74, 6) is 5.97. The molecule has 8 heterocycles. The minimum absolute atomic E-state index is 0. The summed E-state index contributed by atoms with van der Waals surface area (Å²) in [4.78, 5) is 46.4. The number of rotatable bonds is 14. The van der Waals surface area contributed by atoms with Crippen molar-refractivity contribution in [1.82, 2.24) is 30.2 Å². The lowest BCUT2D eigenvalue weighted by molar-refractivity contribution is 0.104. The topological polar surface area (TPSA) is 195 Å². The van der Waals surface area contributed by atoms with Gasteiger partial charge in [-0.05, 0) is 90.4 Å². The van der Waals surface area contributed by atoms with E-state index in [4.69, 9.17) is 33.0 Å². The van der Waals surface area contributed by atoms with Gasteiger partial charge in [0, 0.05) is 99.0 Å². The molecule has 4 aromatic rings. The molecule has 4 aliphatic rings. The van der Waals surface area contributed by atoms with Gasteiger partial charge in [0.2, 0.25) is 0 Å². The highest BCUT2D eigenvalue weighted by Gasteiger charge is 2.25. The van der Waals surface area contributed by atoms with E-state index >= 15 is 0 Å². The number of piperidine rings is 2. The van der Waals surface area contributed by atoms with Gasteiger partial charge in [0.15, 0.2) is 0 Å². The van der Waals surface area contributed by atoms with Crippen LogP contribution in [0.4, 0.5) is 32.6 Å². The normalized spacial score (nSPS) is 18.0. The molecule has 2 atom stereocenters. The summed E-state index contributed by atoms with van der Waals surface area (Å²) in [6, 6.07) is 8.62. The number of hydrogen-bond acceptors (Lipinski definition) is 19. The Labute approximate surface area is 432 Å². The molecule has 0 bridgehead atoms. The molecule has 0 saturated carbocycles. The number of nitrogens with one attached hydrogen (secondary N) is 3. The SMILES string of the molecule is COC(=O)Cl.COC(=O)N1CCCC(CNc2cc(N3CCOCC3)cc(CSc3nc(C)c(C)o3)n2)C1.Cc1nc(SCc2cc(N3CCOCC3)cc(NCC3CCCNC3)n2)oc1C.Cl.Cl. The molecule has 3 N–H and O–H groups in total. The minimum Gasteiger partial charge on any atom is -0.457 e. The number of ether oxygens (including phenoxy) is 4. The van der Waals surface area contributed by atoms with E-state index in [1.54, 1.807) is 28.4 Å². The van der Waals surface area contributed by atoms with Crippen LogP contribution in [0.5, 0.6) is 0 Å². The predicted octanol–water partition coefficient (Wildman–Crippen LogP) is 8.77. The highest BCUT2D eigenvalue weighted by atomic mass is 35.5. The zero-order valence-electron chi connectivity index (χ0n) is 40.5. The highest BCUT2D eigenvalue weighted by molar-refractivity contribution is 7.98. The van der Waals surface area contributed by atoms with Crippen LogP contribution in [-0.4, -0.2) is 142 Å². The van der Waals surface area contributed by atoms with E-state index in [9.17, 15) is 9.59 Å². The van der Waals surface area contributed by atoms with Crippen molar-refractivity contribution >= 4 is 94.5 Å². The number of pyridine rings is 2. The highest BCUT2D eigenvalue weighted by Crippen LogP contribution is 2.30. The van der Waals surface area contributed by atoms with Crippen LogP contribution in [0.15, 0.2) is 43.5 Å². The number of hydrogen-bond donors (Lipinski definition) is 3. The Hall–Kier alpha value is -3.89. The van der Waals surface area contributed by atoms with Crippen LogP contribution < -0.4 is 25.8 Å². The Morgan fingerprint density at radius 2 is 1.19 bits per heavy atom. The number of aryl methyl sites for hydroxylation is 4. The largest absolute Gasteiger partial charge is 0.457 e. The maximum atomic E-state index is 11.9. The predicted molar refractivity (Wildman–Crippen MR) is 278 cm³/mol. The third-order valence-electron chi connectivity index (χ3n) is 11.8. The van der Waals surface area contributed by atoms with Crippen molar-refractivity contribution in [2.24, 2.45) is 11.8 Å². The number of amides is 1. The van der Waals surface area contributed by atoms with E-state index in [0.717, 1.165) is 156 Å². The minimum atomic E-state index is -0.773. The quantitative estimate of drug-likeness (QED) is 0.0800. The number of likely N-dealkylation sites (tertiary alicyclic amines) is 1. The van der Waals surface area contributed by atoms with Crippen molar-refractivity contribution in [3.8, 4) is 0 Å². The maximum Gasteiger partial charge on any atom is 0.409 e. The third kappa shape index (κ3) is 19.0. The van der Waals surface area contributed by atoms with E-state index in [2.05, 4.69) is 76.3 Å². The zero-order chi connectivity index (χ0) is 47.5. The number of carbonyl (C=O) groups is 2. The van der Waals surface area contributed by atoms with Gasteiger partial charge in [-0.1, -0.05) is 23.5 Å². The fraction of sp³-hybridized carbons (Fsp3) is 0.609. The van der Waals surface area contributed by atoms with Crippen LogP contribution in [0.2, 0.25) is 0 Å². The Morgan fingerprint density at radius 1 is 0.710 bits per heavy atom. The first-order valence-corrected chi connectivity index (χ1v) is 25.4. The van der Waals surface area contributed by atoms with Crippen molar-refractivity contribution in [2.45, 2.75) is 75.3 Å². The van der Waals surface area contributed by atoms with E-state index in [0.29, 0.717) is 34.6 Å². The second-order valence-electron chi connectivity index (χ2n) is 16.8. The van der Waals surface area contributed by atoms with Crippen LogP contribution in [-0.2, 0) is 30.5 Å². The first-order chi connectivity index (χ1) is 32.5. The van der Waals surface area contributed by atoms with Crippen molar-refractivity contribution in [3.05, 3.63) is 58.6 Å². The number of halogens is 3. The van der Waals surface area contributed by atoms with E-state index in [-0.39, 0.29) is 30.9 Å². The van der Waals surface area contributed by atoms with Gasteiger partial charge in [-0.25, -0.2) is 29.5 Å². The molecule has 23 heteroatoms. The lowest BCUT2D eigenvalue weighted by Gasteiger charge is -2.32. The summed E-state index contributed by atoms with van der Waals surface area (Å²) in [6.07, 6.45) is 4.34. The number of oxazole rings is 2. The molecule has 4 saturated heterocycles. The second kappa shape index (κ2) is 30.1. The van der Waals surface area contributed by atoms with Gasteiger partial charge in [0.05, 0.1) is 63.4 Å². The first kappa shape index (κ1) is 57.7. The van der Waals surface area contributed by atoms with Crippen molar-refractivity contribution in [3.63, 3.8) is 0 Å². The lowest BCUT2D eigenvalue weighted by atomic mass is 9.98. The second-order valence-corrected chi connectivity index (χ2v) is 18.9. The summed E-state index contributed by atoms with van der Waals surface area (Å²) >= 11 is 7.75. The van der Waals surface area contributed by atoms with Gasteiger partial charge in [-0.15, -0.1) is 24.8 Å². The molecule has 8 rings (SSSR count). The van der Waals surface area contributed by atoms with Gasteiger partial charge in [0.25, 0.3) is 10.4 Å². The summed E-state index contributed by atoms with van der Waals surface area (Å²) in [7, 11) is 2.65. The lowest BCUT2D eigenvalue weighted by Crippen LogP contribution is -2.41. The summed E-state index contributed by atoms with van der Waals surface area (Å²) in [5, 5.41) is 12.0. The van der Waals surface area contributed by atoms with Crippen LogP contribution in [0.3, 0.4) is 0 Å². The fourth-order valence-corrected chi connectivity index (χ4v) is 9.49. The van der Waals surface area contributed by atoms with Crippen LogP contribution in [0, 0.1) is 39.5 Å². The number of nitrogens with zero attached hydrogens (tertiary/aromatic N) is 7. The maximum absolute atomic E-state index is 11.9. The van der Waals surface area contributed by atoms with Gasteiger partial charge >= 0.3 is 11.5 Å². The monoisotopic (exact) mass is 1060 g/mol. The number of anilines is 4. The number of carbonyl (C=O) groups excluding carboxylic acids is 2. The number of aromatic nitrogens is 4. The van der Waals surface area contributed by atoms with Gasteiger partial charge in [-0.2, -0.15) is 0 Å². The van der Waals surface area contributed by atoms with E-state index in [1.165, 1.54) is 32.7 Å². The molecule has 384 valence electrons. The number of methoxy groups -OCH3 is 2. The molecule has 2 unspecified atom stereocenters.